The molecular weight excluding hydrogens is 540 g/mol. The highest BCUT2D eigenvalue weighted by molar-refractivity contribution is 5.92. The maximum atomic E-state index is 15.0. The zero-order chi connectivity index (χ0) is 29.6. The molecule has 11 heteroatoms. The summed E-state index contributed by atoms with van der Waals surface area (Å²) < 4.78 is 67.4. The van der Waals surface area contributed by atoms with Crippen molar-refractivity contribution in [3.05, 3.63) is 71.2 Å². The SMILES string of the molecule is CCOc1cc(-c2ccc(CC(=O)Nc3ccc(CN4CCN(CC)CC4)c(C(F)(F)F)c3)c(F)c2)cnc1OC. The first kappa shape index (κ1) is 30.3. The van der Waals surface area contributed by atoms with Crippen molar-refractivity contribution in [3.63, 3.8) is 0 Å². The van der Waals surface area contributed by atoms with Gasteiger partial charge in [-0.3, -0.25) is 9.69 Å². The van der Waals surface area contributed by atoms with Crippen LogP contribution in [0.25, 0.3) is 11.1 Å². The van der Waals surface area contributed by atoms with Gasteiger partial charge in [0.05, 0.1) is 25.7 Å². The summed E-state index contributed by atoms with van der Waals surface area (Å²) in [6.45, 7) is 8.38. The molecule has 0 bridgehead atoms. The lowest BCUT2D eigenvalue weighted by Gasteiger charge is -2.34. The highest BCUT2D eigenvalue weighted by atomic mass is 19.4. The van der Waals surface area contributed by atoms with Gasteiger partial charge in [0.15, 0.2) is 5.75 Å². The average molecular weight is 575 g/mol. The number of halogens is 4. The molecule has 220 valence electrons. The van der Waals surface area contributed by atoms with Crippen LogP contribution in [0, 0.1) is 5.82 Å². The van der Waals surface area contributed by atoms with Gasteiger partial charge in [0.2, 0.25) is 5.91 Å². The van der Waals surface area contributed by atoms with Gasteiger partial charge < -0.3 is 19.7 Å². The number of carbonyl (C=O) groups is 1. The second kappa shape index (κ2) is 13.3. The first-order valence-corrected chi connectivity index (χ1v) is 13.5. The molecule has 0 radical (unpaired) electrons. The van der Waals surface area contributed by atoms with Gasteiger partial charge in [-0.25, -0.2) is 9.37 Å². The standard InChI is InChI=1S/C30H34F4N4O3/c1-4-37-10-12-38(13-11-37)19-22-8-9-24(17-25(22)30(32,33)34)36-28(39)16-21-7-6-20(14-26(21)31)23-15-27(41-5-2)29(40-3)35-18-23/h6-9,14-15,17-18H,4-5,10-13,16,19H2,1-3H3,(H,36,39). The highest BCUT2D eigenvalue weighted by Crippen LogP contribution is 2.35. The summed E-state index contributed by atoms with van der Waals surface area (Å²) in [5.41, 5.74) is 0.592. The van der Waals surface area contributed by atoms with E-state index in [0.29, 0.717) is 42.5 Å². The van der Waals surface area contributed by atoms with Crippen molar-refractivity contribution < 1.29 is 31.8 Å². The number of amides is 1. The fourth-order valence-corrected chi connectivity index (χ4v) is 4.81. The largest absolute Gasteiger partial charge is 0.488 e. The molecule has 1 aliphatic rings. The molecule has 0 unspecified atom stereocenters. The first-order valence-electron chi connectivity index (χ1n) is 13.5. The summed E-state index contributed by atoms with van der Waals surface area (Å²) in [7, 11) is 1.47. The van der Waals surface area contributed by atoms with Crippen LogP contribution in [0.2, 0.25) is 0 Å². The van der Waals surface area contributed by atoms with Crippen LogP contribution >= 0.6 is 0 Å². The Morgan fingerprint density at radius 3 is 2.32 bits per heavy atom. The quantitative estimate of drug-likeness (QED) is 0.317. The molecule has 1 N–H and O–H groups in total. The molecule has 2 heterocycles. The number of benzene rings is 2. The van der Waals surface area contributed by atoms with Crippen LogP contribution in [0.5, 0.6) is 11.6 Å². The molecule has 0 saturated carbocycles. The number of carbonyl (C=O) groups excluding carboxylic acids is 1. The minimum Gasteiger partial charge on any atom is -0.488 e. The van der Waals surface area contributed by atoms with Crippen LogP contribution in [0.1, 0.15) is 30.5 Å². The number of rotatable bonds is 10. The molecule has 3 aromatic rings. The van der Waals surface area contributed by atoms with Crippen molar-refractivity contribution in [2.75, 3.05) is 51.8 Å². The topological polar surface area (TPSA) is 66.9 Å². The van der Waals surface area contributed by atoms with Crippen LogP contribution in [0.15, 0.2) is 48.7 Å². The van der Waals surface area contributed by atoms with Gasteiger partial charge in [-0.1, -0.05) is 25.1 Å². The molecule has 4 rings (SSSR count). The smallest absolute Gasteiger partial charge is 0.416 e. The van der Waals surface area contributed by atoms with Crippen LogP contribution in [-0.4, -0.2) is 67.1 Å². The van der Waals surface area contributed by atoms with Crippen molar-refractivity contribution in [1.82, 2.24) is 14.8 Å². The van der Waals surface area contributed by atoms with E-state index >= 15 is 0 Å². The Morgan fingerprint density at radius 2 is 1.68 bits per heavy atom. The van der Waals surface area contributed by atoms with Crippen molar-refractivity contribution in [2.45, 2.75) is 33.0 Å². The van der Waals surface area contributed by atoms with E-state index in [-0.39, 0.29) is 29.8 Å². The number of likely N-dealkylation sites (N-methyl/N-ethyl adjacent to an activating group) is 1. The number of nitrogens with zero attached hydrogens (tertiary/aromatic N) is 3. The first-order chi connectivity index (χ1) is 19.6. The summed E-state index contributed by atoms with van der Waals surface area (Å²) >= 11 is 0. The Balaban J connectivity index is 1.44. The lowest BCUT2D eigenvalue weighted by molar-refractivity contribution is -0.138. The lowest BCUT2D eigenvalue weighted by Crippen LogP contribution is -2.45. The summed E-state index contributed by atoms with van der Waals surface area (Å²) in [6, 6.07) is 9.87. The van der Waals surface area contributed by atoms with Crippen LogP contribution in [0.4, 0.5) is 23.2 Å². The minimum atomic E-state index is -4.58. The van der Waals surface area contributed by atoms with Crippen molar-refractivity contribution in [2.24, 2.45) is 0 Å². The third-order valence-corrected chi connectivity index (χ3v) is 7.05. The lowest BCUT2D eigenvalue weighted by atomic mass is 10.0. The second-order valence-corrected chi connectivity index (χ2v) is 9.78. The van der Waals surface area contributed by atoms with E-state index in [1.807, 2.05) is 11.8 Å². The zero-order valence-electron chi connectivity index (χ0n) is 23.4. The Kier molecular flexibility index (Phi) is 9.82. The van der Waals surface area contributed by atoms with Gasteiger partial charge in [-0.15, -0.1) is 0 Å². The highest BCUT2D eigenvalue weighted by Gasteiger charge is 2.34. The Labute approximate surface area is 237 Å². The number of pyridine rings is 1. The van der Waals surface area contributed by atoms with Crippen LogP contribution in [0.3, 0.4) is 0 Å². The molecule has 7 nitrogen and oxygen atoms in total. The number of alkyl halides is 3. The van der Waals surface area contributed by atoms with E-state index < -0.39 is 23.5 Å². The zero-order valence-corrected chi connectivity index (χ0v) is 23.4. The molecule has 1 amide bonds. The predicted molar refractivity (Wildman–Crippen MR) is 149 cm³/mol. The normalized spacial score (nSPS) is 14.6. The molecule has 0 spiro atoms. The number of ether oxygens (including phenoxy) is 2. The summed E-state index contributed by atoms with van der Waals surface area (Å²) in [4.78, 5) is 21.1. The van der Waals surface area contributed by atoms with Crippen molar-refractivity contribution in [1.29, 1.82) is 0 Å². The molecule has 0 aliphatic carbocycles. The van der Waals surface area contributed by atoms with E-state index in [4.69, 9.17) is 9.47 Å². The van der Waals surface area contributed by atoms with E-state index in [9.17, 15) is 22.4 Å². The number of hydrogen-bond donors (Lipinski definition) is 1. The number of hydrogen-bond acceptors (Lipinski definition) is 6. The Hall–Kier alpha value is -3.70. The van der Waals surface area contributed by atoms with Crippen LogP contribution < -0.4 is 14.8 Å². The summed E-state index contributed by atoms with van der Waals surface area (Å²) in [5, 5.41) is 2.49. The molecule has 1 fully saturated rings. The number of nitrogens with one attached hydrogen (secondary N) is 1. The van der Waals surface area contributed by atoms with E-state index in [2.05, 4.69) is 22.1 Å². The third kappa shape index (κ3) is 7.74. The molecule has 1 aliphatic heterocycles. The predicted octanol–water partition coefficient (Wildman–Crippen LogP) is 5.63. The molecular formula is C30H34F4N4O3. The minimum absolute atomic E-state index is 0.00617. The Morgan fingerprint density at radius 1 is 0.976 bits per heavy atom. The number of anilines is 1. The van der Waals surface area contributed by atoms with Gasteiger partial charge in [0.25, 0.3) is 5.88 Å². The fourth-order valence-electron chi connectivity index (χ4n) is 4.81. The summed E-state index contributed by atoms with van der Waals surface area (Å²) in [5.74, 6) is -0.528. The Bertz CT molecular complexity index is 1360. The van der Waals surface area contributed by atoms with Crippen molar-refractivity contribution >= 4 is 11.6 Å². The van der Waals surface area contributed by atoms with E-state index in [0.717, 1.165) is 25.7 Å². The molecule has 1 aromatic heterocycles. The van der Waals surface area contributed by atoms with Gasteiger partial charge in [0.1, 0.15) is 5.82 Å². The van der Waals surface area contributed by atoms with E-state index in [1.54, 1.807) is 12.1 Å². The third-order valence-electron chi connectivity index (χ3n) is 7.05. The molecule has 1 saturated heterocycles. The van der Waals surface area contributed by atoms with E-state index in [1.165, 1.54) is 37.6 Å². The second-order valence-electron chi connectivity index (χ2n) is 9.78. The van der Waals surface area contributed by atoms with Gasteiger partial charge in [-0.2, -0.15) is 13.2 Å². The maximum absolute atomic E-state index is 15.0. The number of aromatic nitrogens is 1. The molecule has 0 atom stereocenters. The van der Waals surface area contributed by atoms with Gasteiger partial charge in [-0.05, 0) is 54.4 Å². The maximum Gasteiger partial charge on any atom is 0.416 e. The molecule has 2 aromatic carbocycles. The monoisotopic (exact) mass is 574 g/mol. The molecule has 41 heavy (non-hydrogen) atoms. The fraction of sp³-hybridized carbons (Fsp3) is 0.400. The van der Waals surface area contributed by atoms with Gasteiger partial charge >= 0.3 is 6.18 Å². The van der Waals surface area contributed by atoms with Gasteiger partial charge in [0, 0.05) is 50.2 Å². The number of piperazine rings is 1. The summed E-state index contributed by atoms with van der Waals surface area (Å²) in [6.07, 6.45) is -3.40. The van der Waals surface area contributed by atoms with Crippen molar-refractivity contribution in [3.8, 4) is 22.8 Å². The average Bonchev–Trinajstić information content (AvgIpc) is 2.95. The van der Waals surface area contributed by atoms with Crippen LogP contribution in [-0.2, 0) is 23.9 Å². The number of methoxy groups -OCH3 is 1.